The Morgan fingerprint density at radius 2 is 1.87 bits per heavy atom. The van der Waals surface area contributed by atoms with Gasteiger partial charge in [0, 0.05) is 67.0 Å². The highest BCUT2D eigenvalue weighted by Crippen LogP contribution is 2.27. The first-order valence-electron chi connectivity index (χ1n) is 15.7. The number of hydrogen-bond acceptors (Lipinski definition) is 7. The van der Waals surface area contributed by atoms with Gasteiger partial charge in [0.1, 0.15) is 5.82 Å². The first kappa shape index (κ1) is 33.0. The lowest BCUT2D eigenvalue weighted by Gasteiger charge is -2.42. The molecule has 3 heterocycles. The van der Waals surface area contributed by atoms with Crippen LogP contribution in [0, 0.1) is 17.7 Å². The van der Waals surface area contributed by atoms with E-state index in [0.717, 1.165) is 74.0 Å². The number of piperidine rings is 2. The minimum atomic E-state index is -0.274. The summed E-state index contributed by atoms with van der Waals surface area (Å²) in [5.41, 5.74) is 2.56. The molecule has 5 rings (SSSR count). The lowest BCUT2D eigenvalue weighted by atomic mass is 9.88. The van der Waals surface area contributed by atoms with Gasteiger partial charge in [-0.3, -0.25) is 9.69 Å². The number of amides is 3. The second-order valence-electron chi connectivity index (χ2n) is 12.7. The van der Waals surface area contributed by atoms with Gasteiger partial charge in [0.15, 0.2) is 5.82 Å². The average molecular weight is 685 g/mol. The lowest BCUT2D eigenvalue weighted by molar-refractivity contribution is -0.123. The Kier molecular flexibility index (Phi) is 11.2. The monoisotopic (exact) mass is 683 g/mol. The summed E-state index contributed by atoms with van der Waals surface area (Å²) >= 11 is 3.54. The van der Waals surface area contributed by atoms with Gasteiger partial charge in [-0.25, -0.2) is 13.9 Å². The van der Waals surface area contributed by atoms with Crippen molar-refractivity contribution in [2.45, 2.75) is 51.6 Å². The van der Waals surface area contributed by atoms with Gasteiger partial charge in [-0.05, 0) is 98.3 Å². The van der Waals surface area contributed by atoms with E-state index in [1.54, 1.807) is 11.7 Å². The van der Waals surface area contributed by atoms with E-state index in [-0.39, 0.29) is 35.8 Å². The topological polar surface area (TPSA) is 120 Å². The van der Waals surface area contributed by atoms with E-state index in [9.17, 15) is 14.0 Å². The van der Waals surface area contributed by atoms with Crippen molar-refractivity contribution in [2.24, 2.45) is 18.9 Å². The van der Waals surface area contributed by atoms with E-state index >= 15 is 0 Å². The summed E-state index contributed by atoms with van der Waals surface area (Å²) in [7, 11) is 1.77. The zero-order valence-corrected chi connectivity index (χ0v) is 27.8. The fourth-order valence-electron chi connectivity index (χ4n) is 6.57. The van der Waals surface area contributed by atoms with E-state index < -0.39 is 0 Å². The SMILES string of the molecule is CC(C)NC(=O)CN1CC[C@@H](NC(=O)Nc2cc(Br)cc(-c3nnnn3C)c2)[C@H](CN2CCC[C@@H](Cc3ccc(F)cc3)C2)C1. The van der Waals surface area contributed by atoms with Gasteiger partial charge in [0.05, 0.1) is 6.54 Å². The maximum Gasteiger partial charge on any atom is 0.319 e. The van der Waals surface area contributed by atoms with Crippen LogP contribution in [0.2, 0.25) is 0 Å². The molecule has 0 bridgehead atoms. The summed E-state index contributed by atoms with van der Waals surface area (Å²) in [5, 5.41) is 21.0. The summed E-state index contributed by atoms with van der Waals surface area (Å²) in [6.07, 6.45) is 3.91. The number of tetrazole rings is 1. The van der Waals surface area contributed by atoms with Crippen molar-refractivity contribution in [2.75, 3.05) is 44.6 Å². The van der Waals surface area contributed by atoms with Crippen molar-refractivity contribution in [1.29, 1.82) is 0 Å². The van der Waals surface area contributed by atoms with Crippen molar-refractivity contribution < 1.29 is 14.0 Å². The summed E-state index contributed by atoms with van der Waals surface area (Å²) in [6.45, 7) is 8.50. The third kappa shape index (κ3) is 9.54. The van der Waals surface area contributed by atoms with Crippen LogP contribution < -0.4 is 16.0 Å². The normalized spacial score (nSPS) is 21.1. The number of carbonyl (C=O) groups is 2. The molecule has 3 amide bonds. The fraction of sp³-hybridized carbons (Fsp3) is 0.531. The molecule has 2 aliphatic heterocycles. The van der Waals surface area contributed by atoms with Crippen molar-refractivity contribution in [3.05, 3.63) is 58.3 Å². The molecule has 45 heavy (non-hydrogen) atoms. The molecule has 0 aliphatic carbocycles. The molecule has 1 aromatic heterocycles. The first-order chi connectivity index (χ1) is 21.6. The molecular weight excluding hydrogens is 641 g/mol. The summed E-state index contributed by atoms with van der Waals surface area (Å²) < 4.78 is 15.8. The van der Waals surface area contributed by atoms with Crippen LogP contribution in [0.25, 0.3) is 11.4 Å². The van der Waals surface area contributed by atoms with E-state index in [0.29, 0.717) is 24.0 Å². The van der Waals surface area contributed by atoms with Crippen molar-refractivity contribution >= 4 is 33.6 Å². The number of anilines is 1. The molecule has 11 nitrogen and oxygen atoms in total. The number of benzene rings is 2. The standard InChI is InChI=1S/C32H43BrFN9O2/c1-21(2)35-30(44)20-43-12-10-29(37-32(45)36-28-15-24(14-26(33)16-28)31-38-39-40-41(31)3)25(19-43)18-42-11-4-5-23(17-42)13-22-6-8-27(34)9-7-22/h6-9,14-16,21,23,25,29H,4-5,10-13,17-20H2,1-3H3,(H,35,44)(H2,36,37,45)/t23-,25+,29+/m0/s1. The van der Waals surface area contributed by atoms with Gasteiger partial charge in [0.2, 0.25) is 5.91 Å². The molecule has 2 saturated heterocycles. The Labute approximate surface area is 272 Å². The predicted molar refractivity (Wildman–Crippen MR) is 175 cm³/mol. The second kappa shape index (κ2) is 15.2. The van der Waals surface area contributed by atoms with Crippen LogP contribution in [0.1, 0.15) is 38.7 Å². The Balaban J connectivity index is 1.24. The van der Waals surface area contributed by atoms with Crippen LogP contribution in [-0.2, 0) is 18.3 Å². The van der Waals surface area contributed by atoms with E-state index in [2.05, 4.69) is 57.2 Å². The van der Waals surface area contributed by atoms with E-state index in [1.165, 1.54) is 12.1 Å². The van der Waals surface area contributed by atoms with Crippen molar-refractivity contribution in [3.63, 3.8) is 0 Å². The number of aromatic nitrogens is 4. The number of rotatable bonds is 10. The maximum absolute atomic E-state index is 13.4. The number of likely N-dealkylation sites (tertiary alicyclic amines) is 2. The highest BCUT2D eigenvalue weighted by Gasteiger charge is 2.34. The van der Waals surface area contributed by atoms with Crippen molar-refractivity contribution in [3.8, 4) is 11.4 Å². The van der Waals surface area contributed by atoms with Gasteiger partial charge in [0.25, 0.3) is 0 Å². The second-order valence-corrected chi connectivity index (χ2v) is 13.6. The van der Waals surface area contributed by atoms with Crippen molar-refractivity contribution in [1.82, 2.24) is 40.6 Å². The van der Waals surface area contributed by atoms with Crippen LogP contribution in [0.15, 0.2) is 46.9 Å². The molecule has 2 fully saturated rings. The number of nitrogens with one attached hydrogen (secondary N) is 3. The van der Waals surface area contributed by atoms with Crippen LogP contribution >= 0.6 is 15.9 Å². The Morgan fingerprint density at radius 1 is 1.07 bits per heavy atom. The molecule has 0 saturated carbocycles. The fourth-order valence-corrected chi connectivity index (χ4v) is 7.06. The lowest BCUT2D eigenvalue weighted by Crippen LogP contribution is -2.56. The van der Waals surface area contributed by atoms with Gasteiger partial charge in [-0.2, -0.15) is 0 Å². The third-order valence-corrected chi connectivity index (χ3v) is 8.98. The summed E-state index contributed by atoms with van der Waals surface area (Å²) in [5.74, 6) is 1.04. The maximum atomic E-state index is 13.4. The predicted octanol–water partition coefficient (Wildman–Crippen LogP) is 4.07. The Morgan fingerprint density at radius 3 is 2.60 bits per heavy atom. The molecule has 3 N–H and O–H groups in total. The highest BCUT2D eigenvalue weighted by molar-refractivity contribution is 9.10. The number of hydrogen-bond donors (Lipinski definition) is 3. The molecule has 2 aliphatic rings. The minimum Gasteiger partial charge on any atom is -0.353 e. The average Bonchev–Trinajstić information content (AvgIpc) is 3.41. The van der Waals surface area contributed by atoms with Gasteiger partial charge < -0.3 is 20.9 Å². The zero-order chi connectivity index (χ0) is 31.9. The van der Waals surface area contributed by atoms with Gasteiger partial charge in [-0.15, -0.1) is 5.10 Å². The van der Waals surface area contributed by atoms with E-state index in [4.69, 9.17) is 0 Å². The molecule has 242 valence electrons. The molecular formula is C32H43BrFN9O2. The molecule has 3 aromatic rings. The van der Waals surface area contributed by atoms with Crippen LogP contribution in [0.4, 0.5) is 14.9 Å². The Hall–Kier alpha value is -3.42. The van der Waals surface area contributed by atoms with E-state index in [1.807, 2.05) is 44.2 Å². The highest BCUT2D eigenvalue weighted by atomic mass is 79.9. The molecule has 0 radical (unpaired) electrons. The quantitative estimate of drug-likeness (QED) is 0.295. The summed E-state index contributed by atoms with van der Waals surface area (Å²) in [6, 6.07) is 12.2. The largest absolute Gasteiger partial charge is 0.353 e. The zero-order valence-electron chi connectivity index (χ0n) is 26.2. The van der Waals surface area contributed by atoms with Crippen LogP contribution in [0.3, 0.4) is 0 Å². The number of urea groups is 1. The molecule has 13 heteroatoms. The molecule has 2 aromatic carbocycles. The summed E-state index contributed by atoms with van der Waals surface area (Å²) in [4.78, 5) is 30.7. The first-order valence-corrected chi connectivity index (χ1v) is 16.5. The molecule has 0 spiro atoms. The number of halogens is 2. The number of carbonyl (C=O) groups excluding carboxylic acids is 2. The minimum absolute atomic E-state index is 0.0220. The van der Waals surface area contributed by atoms with Crippen LogP contribution in [0.5, 0.6) is 0 Å². The van der Waals surface area contributed by atoms with Gasteiger partial charge >= 0.3 is 6.03 Å². The smallest absolute Gasteiger partial charge is 0.319 e. The van der Waals surface area contributed by atoms with Gasteiger partial charge in [-0.1, -0.05) is 28.1 Å². The third-order valence-electron chi connectivity index (χ3n) is 8.52. The Bertz CT molecular complexity index is 1450. The number of aryl methyl sites for hydroxylation is 1. The molecule has 3 atom stereocenters. The van der Waals surface area contributed by atoms with Crippen LogP contribution in [-0.4, -0.2) is 93.3 Å². The number of nitrogens with zero attached hydrogens (tertiary/aromatic N) is 6. The molecule has 0 unspecified atom stereocenters.